The summed E-state index contributed by atoms with van der Waals surface area (Å²) in [5, 5.41) is 10.00. The molecule has 2 aromatic rings. The Labute approximate surface area is 169 Å². The molecule has 7 nitrogen and oxygen atoms in total. The van der Waals surface area contributed by atoms with Gasteiger partial charge in [0.05, 0.1) is 6.42 Å². The summed E-state index contributed by atoms with van der Waals surface area (Å²) in [6.07, 6.45) is 0.883. The van der Waals surface area contributed by atoms with Crippen molar-refractivity contribution in [3.8, 4) is 5.75 Å². The molecule has 7 heteroatoms. The summed E-state index contributed by atoms with van der Waals surface area (Å²) in [6, 6.07) is 11.3. The van der Waals surface area contributed by atoms with Crippen LogP contribution in [0.25, 0.3) is 0 Å². The number of para-hydroxylation sites is 1. The standard InChI is InChI=1S/C22H25N3O4/c1-23(2)22(29)21-16-10-15(17-7-5-9-19(27)25(17)21)12-24(13-16)20(28)11-14-6-3-4-8-18(14)26/h3-9,15-16,21,26H,10-13H2,1-2H3/t15-,16+,21-/m1/s1. The second-order valence-electron chi connectivity index (χ2n) is 8.13. The molecule has 29 heavy (non-hydrogen) atoms. The first-order chi connectivity index (χ1) is 13.9. The average molecular weight is 395 g/mol. The highest BCUT2D eigenvalue weighted by molar-refractivity contribution is 5.82. The van der Waals surface area contributed by atoms with Crippen molar-refractivity contribution in [2.45, 2.75) is 24.8 Å². The number of piperidine rings is 1. The fraction of sp³-hybridized carbons (Fsp3) is 0.409. The lowest BCUT2D eigenvalue weighted by Crippen LogP contribution is -2.54. The summed E-state index contributed by atoms with van der Waals surface area (Å²) >= 11 is 0. The van der Waals surface area contributed by atoms with E-state index < -0.39 is 6.04 Å². The van der Waals surface area contributed by atoms with Gasteiger partial charge in [0.15, 0.2) is 0 Å². The van der Waals surface area contributed by atoms with Crippen LogP contribution in [0.4, 0.5) is 0 Å². The van der Waals surface area contributed by atoms with Gasteiger partial charge >= 0.3 is 0 Å². The van der Waals surface area contributed by atoms with Crippen LogP contribution in [0, 0.1) is 5.92 Å². The van der Waals surface area contributed by atoms with E-state index in [1.165, 1.54) is 11.0 Å². The molecule has 1 aromatic heterocycles. The number of amides is 2. The van der Waals surface area contributed by atoms with Crippen LogP contribution in [0.5, 0.6) is 5.75 Å². The van der Waals surface area contributed by atoms with Crippen molar-refractivity contribution in [2.24, 2.45) is 5.92 Å². The number of aromatic nitrogens is 1. The van der Waals surface area contributed by atoms with Gasteiger partial charge in [-0.25, -0.2) is 0 Å². The van der Waals surface area contributed by atoms with Crippen LogP contribution < -0.4 is 5.56 Å². The van der Waals surface area contributed by atoms with E-state index in [1.54, 1.807) is 53.9 Å². The number of phenols is 1. The molecule has 0 aliphatic carbocycles. The summed E-state index contributed by atoms with van der Waals surface area (Å²) in [5.74, 6) is -0.204. The molecule has 1 N–H and O–H groups in total. The number of hydrogen-bond donors (Lipinski definition) is 1. The minimum Gasteiger partial charge on any atom is -0.508 e. The number of nitrogens with zero attached hydrogens (tertiary/aromatic N) is 3. The number of hydrogen-bond acceptors (Lipinski definition) is 4. The summed E-state index contributed by atoms with van der Waals surface area (Å²) in [5.41, 5.74) is 1.23. The van der Waals surface area contributed by atoms with Gasteiger partial charge in [-0.05, 0) is 18.6 Å². The summed E-state index contributed by atoms with van der Waals surface area (Å²) in [6.45, 7) is 0.934. The summed E-state index contributed by atoms with van der Waals surface area (Å²) in [4.78, 5) is 41.8. The van der Waals surface area contributed by atoms with Crippen LogP contribution in [0.3, 0.4) is 0 Å². The van der Waals surface area contributed by atoms with Gasteiger partial charge in [0, 0.05) is 56.3 Å². The quantitative estimate of drug-likeness (QED) is 0.851. The van der Waals surface area contributed by atoms with Crippen molar-refractivity contribution < 1.29 is 14.7 Å². The maximum absolute atomic E-state index is 13.0. The fourth-order valence-electron chi connectivity index (χ4n) is 4.65. The molecule has 2 bridgehead atoms. The predicted octanol–water partition coefficient (Wildman–Crippen LogP) is 1.37. The maximum Gasteiger partial charge on any atom is 0.251 e. The maximum atomic E-state index is 13.0. The number of likely N-dealkylation sites (N-methyl/N-ethyl adjacent to an activating group) is 1. The van der Waals surface area contributed by atoms with Crippen LogP contribution in [-0.2, 0) is 16.0 Å². The van der Waals surface area contributed by atoms with Crippen LogP contribution >= 0.6 is 0 Å². The van der Waals surface area contributed by atoms with Gasteiger partial charge in [0.25, 0.3) is 5.56 Å². The first-order valence-electron chi connectivity index (χ1n) is 9.84. The highest BCUT2D eigenvalue weighted by atomic mass is 16.3. The number of carbonyl (C=O) groups excluding carboxylic acids is 2. The Morgan fingerprint density at radius 2 is 1.86 bits per heavy atom. The molecular formula is C22H25N3O4. The lowest BCUT2D eigenvalue weighted by atomic mass is 9.78. The average Bonchev–Trinajstić information content (AvgIpc) is 2.70. The number of likely N-dealkylation sites (tertiary alicyclic amines) is 1. The minimum absolute atomic E-state index is 0.0159. The predicted molar refractivity (Wildman–Crippen MR) is 108 cm³/mol. The van der Waals surface area contributed by atoms with Crippen molar-refractivity contribution in [1.29, 1.82) is 0 Å². The van der Waals surface area contributed by atoms with E-state index in [2.05, 4.69) is 0 Å². The van der Waals surface area contributed by atoms with Gasteiger partial charge in [-0.3, -0.25) is 19.0 Å². The molecule has 3 atom stereocenters. The summed E-state index contributed by atoms with van der Waals surface area (Å²) in [7, 11) is 3.37. The van der Waals surface area contributed by atoms with E-state index in [0.29, 0.717) is 18.7 Å². The van der Waals surface area contributed by atoms with Crippen molar-refractivity contribution in [2.75, 3.05) is 27.2 Å². The molecule has 2 aliphatic rings. The molecule has 2 aliphatic heterocycles. The van der Waals surface area contributed by atoms with E-state index in [9.17, 15) is 19.5 Å². The number of carbonyl (C=O) groups is 2. The molecular weight excluding hydrogens is 370 g/mol. The lowest BCUT2D eigenvalue weighted by Gasteiger charge is -2.46. The Morgan fingerprint density at radius 3 is 2.59 bits per heavy atom. The first-order valence-corrected chi connectivity index (χ1v) is 9.84. The molecule has 2 amide bonds. The molecule has 0 unspecified atom stereocenters. The highest BCUT2D eigenvalue weighted by Gasteiger charge is 2.45. The Balaban J connectivity index is 1.66. The number of benzene rings is 1. The molecule has 1 saturated heterocycles. The third-order valence-electron chi connectivity index (χ3n) is 6.03. The zero-order chi connectivity index (χ0) is 20.7. The van der Waals surface area contributed by atoms with Crippen molar-refractivity contribution in [3.05, 3.63) is 64.1 Å². The molecule has 1 aromatic carbocycles. The third-order valence-corrected chi connectivity index (χ3v) is 6.03. The first kappa shape index (κ1) is 19.2. The third kappa shape index (κ3) is 3.41. The molecule has 1 fully saturated rings. The monoisotopic (exact) mass is 395 g/mol. The highest BCUT2D eigenvalue weighted by Crippen LogP contribution is 2.41. The number of fused-ring (bicyclic) bond motifs is 4. The van der Waals surface area contributed by atoms with Gasteiger partial charge in [-0.2, -0.15) is 0 Å². The molecule has 152 valence electrons. The van der Waals surface area contributed by atoms with Crippen molar-refractivity contribution in [3.63, 3.8) is 0 Å². The van der Waals surface area contributed by atoms with E-state index in [0.717, 1.165) is 12.1 Å². The van der Waals surface area contributed by atoms with Gasteiger partial charge in [-0.1, -0.05) is 24.3 Å². The number of rotatable bonds is 3. The van der Waals surface area contributed by atoms with Gasteiger partial charge in [0.2, 0.25) is 11.8 Å². The van der Waals surface area contributed by atoms with Crippen molar-refractivity contribution >= 4 is 11.8 Å². The Morgan fingerprint density at radius 1 is 1.10 bits per heavy atom. The number of aromatic hydroxyl groups is 1. The van der Waals surface area contributed by atoms with Crippen LogP contribution in [0.1, 0.15) is 29.6 Å². The SMILES string of the molecule is CN(C)C(=O)[C@H]1[C@H]2C[C@H](CN(C(=O)Cc3ccccc3O)C2)c2cccc(=O)n21. The minimum atomic E-state index is -0.606. The van der Waals surface area contributed by atoms with Crippen LogP contribution in [-0.4, -0.2) is 58.5 Å². The topological polar surface area (TPSA) is 82.9 Å². The van der Waals surface area contributed by atoms with E-state index in [4.69, 9.17) is 0 Å². The zero-order valence-electron chi connectivity index (χ0n) is 16.6. The largest absolute Gasteiger partial charge is 0.508 e. The van der Waals surface area contributed by atoms with Crippen molar-refractivity contribution in [1.82, 2.24) is 14.4 Å². The van der Waals surface area contributed by atoms with Gasteiger partial charge in [0.1, 0.15) is 11.8 Å². The second kappa shape index (κ2) is 7.39. The number of phenolic OH excluding ortho intramolecular Hbond substituents is 1. The molecule has 0 saturated carbocycles. The normalized spacial score (nSPS) is 22.7. The molecule has 3 heterocycles. The Bertz CT molecular complexity index is 1010. The lowest BCUT2D eigenvalue weighted by molar-refractivity contribution is -0.140. The number of pyridine rings is 1. The van der Waals surface area contributed by atoms with Gasteiger partial charge in [-0.15, -0.1) is 0 Å². The Hall–Kier alpha value is -3.09. The van der Waals surface area contributed by atoms with Crippen LogP contribution in [0.2, 0.25) is 0 Å². The smallest absolute Gasteiger partial charge is 0.251 e. The van der Waals surface area contributed by atoms with Gasteiger partial charge < -0.3 is 14.9 Å². The fourth-order valence-corrected chi connectivity index (χ4v) is 4.65. The molecule has 0 radical (unpaired) electrons. The van der Waals surface area contributed by atoms with E-state index in [-0.39, 0.29) is 41.4 Å². The second-order valence-corrected chi connectivity index (χ2v) is 8.13. The molecule has 4 rings (SSSR count). The molecule has 0 spiro atoms. The van der Waals surface area contributed by atoms with Crippen LogP contribution in [0.15, 0.2) is 47.3 Å². The Kier molecular flexibility index (Phi) is 4.90. The zero-order valence-corrected chi connectivity index (χ0v) is 16.6. The summed E-state index contributed by atoms with van der Waals surface area (Å²) < 4.78 is 1.63. The van der Waals surface area contributed by atoms with E-state index >= 15 is 0 Å². The van der Waals surface area contributed by atoms with E-state index in [1.807, 2.05) is 6.07 Å².